The minimum Gasteiger partial charge on any atom is -0.349 e. The molecule has 3 rings (SSSR count). The molecule has 25 heavy (non-hydrogen) atoms. The Morgan fingerprint density at radius 2 is 1.92 bits per heavy atom. The zero-order valence-corrected chi connectivity index (χ0v) is 14.7. The number of carbonyl (C=O) groups excluding carboxylic acids is 1. The van der Waals surface area contributed by atoms with E-state index in [2.05, 4.69) is 35.3 Å². The number of aromatic nitrogens is 1. The first-order chi connectivity index (χ1) is 12.2. The normalized spacial score (nSPS) is 14.4. The van der Waals surface area contributed by atoms with Crippen molar-refractivity contribution in [1.82, 2.24) is 14.8 Å². The van der Waals surface area contributed by atoms with Gasteiger partial charge in [0.25, 0.3) is 5.91 Å². The number of nitriles is 1. The number of nitrogens with zero attached hydrogens (tertiary/aromatic N) is 3. The van der Waals surface area contributed by atoms with E-state index in [9.17, 15) is 10.1 Å². The largest absolute Gasteiger partial charge is 0.349 e. The van der Waals surface area contributed by atoms with Crippen molar-refractivity contribution < 1.29 is 4.79 Å². The molecule has 0 spiro atoms. The number of carbonyl (C=O) groups is 1. The fourth-order valence-corrected chi connectivity index (χ4v) is 3.28. The summed E-state index contributed by atoms with van der Waals surface area (Å²) in [5.41, 5.74) is 2.95. The molecule has 0 atom stereocenters. The van der Waals surface area contributed by atoms with E-state index in [1.165, 1.54) is 18.4 Å². The van der Waals surface area contributed by atoms with E-state index in [1.54, 1.807) is 16.8 Å². The van der Waals surface area contributed by atoms with Gasteiger partial charge in [-0.1, -0.05) is 19.1 Å². The number of hydrogen-bond acceptors (Lipinski definition) is 3. The van der Waals surface area contributed by atoms with Crippen LogP contribution >= 0.6 is 0 Å². The van der Waals surface area contributed by atoms with Crippen LogP contribution in [0.4, 0.5) is 0 Å². The van der Waals surface area contributed by atoms with E-state index in [0.717, 1.165) is 31.7 Å². The maximum Gasteiger partial charge on any atom is 0.269 e. The number of hydrogen-bond donors (Lipinski definition) is 1. The number of rotatable bonds is 6. The first-order valence-corrected chi connectivity index (χ1v) is 8.94. The lowest BCUT2D eigenvalue weighted by molar-refractivity contribution is 0.0942. The number of likely N-dealkylation sites (tertiary alicyclic amines) is 1. The van der Waals surface area contributed by atoms with Gasteiger partial charge in [0.15, 0.2) is 0 Å². The van der Waals surface area contributed by atoms with E-state index >= 15 is 0 Å². The Kier molecular flexibility index (Phi) is 5.52. The standard InChI is InChI=1S/C20H24N4O/c1-2-16-5-7-18(8-6-16)24-13-9-17(15-21)19(24)20(25)22-10-14-23-11-3-4-12-23/h5-9,13H,2-4,10-12,14H2,1H3,(H,22,25). The van der Waals surface area contributed by atoms with E-state index in [0.29, 0.717) is 17.8 Å². The summed E-state index contributed by atoms with van der Waals surface area (Å²) in [6, 6.07) is 11.9. The Balaban J connectivity index is 1.75. The van der Waals surface area contributed by atoms with Crippen LogP contribution in [0.15, 0.2) is 36.5 Å². The van der Waals surface area contributed by atoms with Crippen LogP contribution in [0.1, 0.15) is 41.4 Å². The van der Waals surface area contributed by atoms with Gasteiger partial charge in [-0.15, -0.1) is 0 Å². The molecule has 1 aliphatic rings. The quantitative estimate of drug-likeness (QED) is 0.882. The van der Waals surface area contributed by atoms with Crippen molar-refractivity contribution >= 4 is 5.91 Å². The summed E-state index contributed by atoms with van der Waals surface area (Å²) in [7, 11) is 0. The Morgan fingerprint density at radius 1 is 1.20 bits per heavy atom. The summed E-state index contributed by atoms with van der Waals surface area (Å²) in [6.45, 7) is 5.79. The van der Waals surface area contributed by atoms with Crippen LogP contribution in [-0.4, -0.2) is 41.6 Å². The molecule has 2 aromatic rings. The Morgan fingerprint density at radius 3 is 2.56 bits per heavy atom. The minimum atomic E-state index is -0.194. The first kappa shape index (κ1) is 17.2. The van der Waals surface area contributed by atoms with Gasteiger partial charge in [-0.25, -0.2) is 0 Å². The molecule has 0 bridgehead atoms. The molecule has 5 nitrogen and oxygen atoms in total. The summed E-state index contributed by atoms with van der Waals surface area (Å²) < 4.78 is 1.79. The highest BCUT2D eigenvalue weighted by Gasteiger charge is 2.18. The van der Waals surface area contributed by atoms with Crippen molar-refractivity contribution in [3.8, 4) is 11.8 Å². The minimum absolute atomic E-state index is 0.194. The van der Waals surface area contributed by atoms with Gasteiger partial charge >= 0.3 is 0 Å². The Labute approximate surface area is 148 Å². The third-order valence-corrected chi connectivity index (χ3v) is 4.76. The van der Waals surface area contributed by atoms with Crippen molar-refractivity contribution in [2.24, 2.45) is 0 Å². The van der Waals surface area contributed by atoms with Crippen LogP contribution in [0.2, 0.25) is 0 Å². The number of benzene rings is 1. The molecule has 1 aromatic carbocycles. The van der Waals surface area contributed by atoms with Crippen molar-refractivity contribution in [2.75, 3.05) is 26.2 Å². The lowest BCUT2D eigenvalue weighted by Gasteiger charge is -2.15. The van der Waals surface area contributed by atoms with Gasteiger partial charge in [0, 0.05) is 25.0 Å². The lowest BCUT2D eigenvalue weighted by atomic mass is 10.1. The predicted molar refractivity (Wildman–Crippen MR) is 97.9 cm³/mol. The Hall–Kier alpha value is -2.58. The zero-order valence-electron chi connectivity index (χ0n) is 14.7. The smallest absolute Gasteiger partial charge is 0.269 e. The van der Waals surface area contributed by atoms with Crippen LogP contribution in [-0.2, 0) is 6.42 Å². The fraction of sp³-hybridized carbons (Fsp3) is 0.400. The van der Waals surface area contributed by atoms with Crippen LogP contribution in [0.5, 0.6) is 0 Å². The lowest BCUT2D eigenvalue weighted by Crippen LogP contribution is -2.34. The second-order valence-electron chi connectivity index (χ2n) is 6.38. The summed E-state index contributed by atoms with van der Waals surface area (Å²) >= 11 is 0. The highest BCUT2D eigenvalue weighted by atomic mass is 16.1. The molecule has 0 saturated carbocycles. The van der Waals surface area contributed by atoms with Crippen LogP contribution < -0.4 is 5.32 Å². The monoisotopic (exact) mass is 336 g/mol. The SMILES string of the molecule is CCc1ccc(-n2ccc(C#N)c2C(=O)NCCN2CCCC2)cc1. The average Bonchev–Trinajstić information content (AvgIpc) is 3.31. The first-order valence-electron chi connectivity index (χ1n) is 8.94. The van der Waals surface area contributed by atoms with Crippen LogP contribution in [0.3, 0.4) is 0 Å². The highest BCUT2D eigenvalue weighted by molar-refractivity contribution is 5.95. The third kappa shape index (κ3) is 3.92. The molecule has 0 radical (unpaired) electrons. The summed E-state index contributed by atoms with van der Waals surface area (Å²) in [5, 5.41) is 12.3. The topological polar surface area (TPSA) is 61.1 Å². The van der Waals surface area contributed by atoms with Crippen molar-refractivity contribution in [2.45, 2.75) is 26.2 Å². The van der Waals surface area contributed by atoms with E-state index in [1.807, 2.05) is 12.1 Å². The van der Waals surface area contributed by atoms with Crippen molar-refractivity contribution in [3.05, 3.63) is 53.3 Å². The van der Waals surface area contributed by atoms with Crippen molar-refractivity contribution in [1.29, 1.82) is 5.26 Å². The average molecular weight is 336 g/mol. The zero-order chi connectivity index (χ0) is 17.6. The number of nitrogens with one attached hydrogen (secondary N) is 1. The van der Waals surface area contributed by atoms with Crippen molar-refractivity contribution in [3.63, 3.8) is 0 Å². The second kappa shape index (κ2) is 8.00. The molecule has 1 aliphatic heterocycles. The van der Waals surface area contributed by atoms with Crippen LogP contribution in [0, 0.1) is 11.3 Å². The van der Waals surface area contributed by atoms with Gasteiger partial charge in [-0.05, 0) is 56.1 Å². The maximum atomic E-state index is 12.7. The van der Waals surface area contributed by atoms with Gasteiger partial charge in [0.05, 0.1) is 5.56 Å². The summed E-state index contributed by atoms with van der Waals surface area (Å²) in [6.07, 6.45) is 5.24. The fourth-order valence-electron chi connectivity index (χ4n) is 3.28. The summed E-state index contributed by atoms with van der Waals surface area (Å²) in [5.74, 6) is -0.194. The number of amides is 1. The molecular weight excluding hydrogens is 312 g/mol. The molecule has 1 N–H and O–H groups in total. The van der Waals surface area contributed by atoms with Crippen LogP contribution in [0.25, 0.3) is 5.69 Å². The highest BCUT2D eigenvalue weighted by Crippen LogP contribution is 2.18. The van der Waals surface area contributed by atoms with Gasteiger partial charge in [0.2, 0.25) is 0 Å². The van der Waals surface area contributed by atoms with Gasteiger partial charge in [-0.3, -0.25) is 4.79 Å². The molecule has 5 heteroatoms. The molecule has 1 saturated heterocycles. The Bertz CT molecular complexity index is 764. The number of aryl methyl sites for hydroxylation is 1. The van der Waals surface area contributed by atoms with E-state index in [4.69, 9.17) is 0 Å². The van der Waals surface area contributed by atoms with Gasteiger partial charge in [-0.2, -0.15) is 5.26 Å². The van der Waals surface area contributed by atoms with Gasteiger partial charge in [0.1, 0.15) is 11.8 Å². The molecule has 2 heterocycles. The molecule has 1 fully saturated rings. The van der Waals surface area contributed by atoms with E-state index in [-0.39, 0.29) is 5.91 Å². The van der Waals surface area contributed by atoms with Gasteiger partial charge < -0.3 is 14.8 Å². The molecular formula is C20H24N4O. The molecule has 130 valence electrons. The molecule has 0 aliphatic carbocycles. The molecule has 1 aromatic heterocycles. The molecule has 1 amide bonds. The second-order valence-corrected chi connectivity index (χ2v) is 6.38. The third-order valence-electron chi connectivity index (χ3n) is 4.76. The van der Waals surface area contributed by atoms with E-state index < -0.39 is 0 Å². The molecule has 0 unspecified atom stereocenters. The summed E-state index contributed by atoms with van der Waals surface area (Å²) in [4.78, 5) is 15.0. The maximum absolute atomic E-state index is 12.7. The predicted octanol–water partition coefficient (Wildman–Crippen LogP) is 2.74.